The van der Waals surface area contributed by atoms with Crippen LogP contribution in [0.15, 0.2) is 29.3 Å². The van der Waals surface area contributed by atoms with Crippen molar-refractivity contribution < 1.29 is 0 Å². The third-order valence-corrected chi connectivity index (χ3v) is 0.650. The molecule has 0 heterocycles. The van der Waals surface area contributed by atoms with Gasteiger partial charge in [-0.2, -0.15) is 0 Å². The Labute approximate surface area is 64.2 Å². The molecule has 10 heavy (non-hydrogen) atoms. The number of rotatable bonds is 2. The normalized spacial score (nSPS) is 10.8. The molecular formula is C9H17N. The molecule has 0 aromatic rings. The Kier molecular flexibility index (Phi) is 18.7. The zero-order valence-corrected chi connectivity index (χ0v) is 7.33. The molecule has 0 aromatic heterocycles. The molecule has 0 bridgehead atoms. The molecule has 0 aliphatic heterocycles. The fourth-order valence-corrected chi connectivity index (χ4v) is 0.311. The maximum atomic E-state index is 3.76. The van der Waals surface area contributed by atoms with Gasteiger partial charge in [-0.3, -0.25) is 4.99 Å². The van der Waals surface area contributed by atoms with E-state index in [1.54, 1.807) is 13.3 Å². The molecule has 0 spiro atoms. The van der Waals surface area contributed by atoms with Gasteiger partial charge in [0.2, 0.25) is 0 Å². The zero-order valence-electron chi connectivity index (χ0n) is 7.33. The van der Waals surface area contributed by atoms with E-state index < -0.39 is 0 Å². The van der Waals surface area contributed by atoms with Gasteiger partial charge in [0.05, 0.1) is 0 Å². The van der Waals surface area contributed by atoms with Crippen molar-refractivity contribution >= 4 is 6.21 Å². The lowest BCUT2D eigenvalue weighted by Crippen LogP contribution is -1.58. The summed E-state index contributed by atoms with van der Waals surface area (Å²) in [6.07, 6.45) is 9.51. The second-order valence-electron chi connectivity index (χ2n) is 1.32. The van der Waals surface area contributed by atoms with Crippen LogP contribution in [0.25, 0.3) is 0 Å². The molecular weight excluding hydrogens is 122 g/mol. The molecule has 0 atom stereocenters. The van der Waals surface area contributed by atoms with E-state index in [0.717, 1.165) is 0 Å². The second-order valence-corrected chi connectivity index (χ2v) is 1.32. The highest BCUT2D eigenvalue weighted by Crippen LogP contribution is 1.71. The standard InChI is InChI=1S/C7H11N.C2H6/c1-3-4-5-6-7-8-2;1-2/h3-7H,1-2H3;1-2H3/b4-3-,6-5-,8-7?;. The Bertz CT molecular complexity index is 95.9. The van der Waals surface area contributed by atoms with Gasteiger partial charge in [-0.05, 0) is 13.0 Å². The molecule has 1 nitrogen and oxygen atoms in total. The summed E-state index contributed by atoms with van der Waals surface area (Å²) in [5, 5.41) is 0. The van der Waals surface area contributed by atoms with Gasteiger partial charge in [-0.15, -0.1) is 0 Å². The van der Waals surface area contributed by atoms with Crippen molar-refractivity contribution in [3.8, 4) is 0 Å². The van der Waals surface area contributed by atoms with Gasteiger partial charge in [0, 0.05) is 13.3 Å². The number of hydrogen-bond donors (Lipinski definition) is 0. The van der Waals surface area contributed by atoms with E-state index in [0.29, 0.717) is 0 Å². The SMILES string of the molecule is C/C=C\C=C/C=NC.CC. The summed E-state index contributed by atoms with van der Waals surface area (Å²) >= 11 is 0. The maximum Gasteiger partial charge on any atom is 0.0277 e. The number of aliphatic imine (C=N–C) groups is 1. The average molecular weight is 139 g/mol. The second kappa shape index (κ2) is 15.7. The van der Waals surface area contributed by atoms with Crippen molar-refractivity contribution in [3.05, 3.63) is 24.3 Å². The molecule has 0 aliphatic rings. The Morgan fingerprint density at radius 1 is 1.00 bits per heavy atom. The molecule has 0 unspecified atom stereocenters. The van der Waals surface area contributed by atoms with Crippen LogP contribution in [0.2, 0.25) is 0 Å². The van der Waals surface area contributed by atoms with Crippen molar-refractivity contribution in [3.63, 3.8) is 0 Å². The van der Waals surface area contributed by atoms with Crippen LogP contribution in [-0.2, 0) is 0 Å². The first-order chi connectivity index (χ1) is 4.91. The molecule has 0 saturated heterocycles. The third kappa shape index (κ3) is 15.7. The lowest BCUT2D eigenvalue weighted by atomic mass is 10.4. The van der Waals surface area contributed by atoms with Crippen LogP contribution in [0.3, 0.4) is 0 Å². The molecule has 0 rings (SSSR count). The first-order valence-corrected chi connectivity index (χ1v) is 3.62. The Hall–Kier alpha value is -0.850. The number of nitrogens with zero attached hydrogens (tertiary/aromatic N) is 1. The first-order valence-electron chi connectivity index (χ1n) is 3.62. The van der Waals surface area contributed by atoms with Crippen molar-refractivity contribution in [2.24, 2.45) is 4.99 Å². The summed E-state index contributed by atoms with van der Waals surface area (Å²) in [5.41, 5.74) is 0. The van der Waals surface area contributed by atoms with Crippen LogP contribution >= 0.6 is 0 Å². The Balaban J connectivity index is 0. The molecule has 0 saturated carbocycles. The third-order valence-electron chi connectivity index (χ3n) is 0.650. The van der Waals surface area contributed by atoms with Gasteiger partial charge in [0.15, 0.2) is 0 Å². The van der Waals surface area contributed by atoms with Gasteiger partial charge in [0.1, 0.15) is 0 Å². The number of hydrogen-bond acceptors (Lipinski definition) is 1. The first kappa shape index (κ1) is 11.9. The fourth-order valence-electron chi connectivity index (χ4n) is 0.311. The molecule has 0 aromatic carbocycles. The molecule has 0 aliphatic carbocycles. The molecule has 0 N–H and O–H groups in total. The van der Waals surface area contributed by atoms with Gasteiger partial charge < -0.3 is 0 Å². The quantitative estimate of drug-likeness (QED) is 0.412. The Morgan fingerprint density at radius 2 is 1.60 bits per heavy atom. The molecule has 0 amide bonds. The van der Waals surface area contributed by atoms with Crippen LogP contribution in [0.5, 0.6) is 0 Å². The summed E-state index contributed by atoms with van der Waals surface area (Å²) in [6, 6.07) is 0. The summed E-state index contributed by atoms with van der Waals surface area (Å²) in [7, 11) is 1.75. The van der Waals surface area contributed by atoms with Gasteiger partial charge in [-0.1, -0.05) is 32.1 Å². The van der Waals surface area contributed by atoms with Crippen LogP contribution < -0.4 is 0 Å². The van der Waals surface area contributed by atoms with E-state index in [9.17, 15) is 0 Å². The van der Waals surface area contributed by atoms with Crippen LogP contribution in [0.1, 0.15) is 20.8 Å². The van der Waals surface area contributed by atoms with Gasteiger partial charge >= 0.3 is 0 Å². The minimum atomic E-state index is 1.75. The van der Waals surface area contributed by atoms with E-state index >= 15 is 0 Å². The van der Waals surface area contributed by atoms with Gasteiger partial charge in [-0.25, -0.2) is 0 Å². The fraction of sp³-hybridized carbons (Fsp3) is 0.444. The van der Waals surface area contributed by atoms with Gasteiger partial charge in [0.25, 0.3) is 0 Å². The van der Waals surface area contributed by atoms with E-state index in [-0.39, 0.29) is 0 Å². The highest BCUT2D eigenvalue weighted by Gasteiger charge is 1.55. The topological polar surface area (TPSA) is 12.4 Å². The van der Waals surface area contributed by atoms with Crippen LogP contribution in [-0.4, -0.2) is 13.3 Å². The van der Waals surface area contributed by atoms with Crippen molar-refractivity contribution in [2.75, 3.05) is 7.05 Å². The largest absolute Gasteiger partial charge is 0.297 e. The minimum absolute atomic E-state index is 1.75. The molecule has 58 valence electrons. The average Bonchev–Trinajstić information content (AvgIpc) is 2.02. The van der Waals surface area contributed by atoms with Crippen molar-refractivity contribution in [2.45, 2.75) is 20.8 Å². The van der Waals surface area contributed by atoms with Crippen molar-refractivity contribution in [1.82, 2.24) is 0 Å². The summed E-state index contributed by atoms with van der Waals surface area (Å²) < 4.78 is 0. The summed E-state index contributed by atoms with van der Waals surface area (Å²) in [6.45, 7) is 5.98. The predicted molar refractivity (Wildman–Crippen MR) is 49.7 cm³/mol. The van der Waals surface area contributed by atoms with E-state index in [1.807, 2.05) is 45.1 Å². The molecule has 1 heteroatoms. The molecule has 0 radical (unpaired) electrons. The number of allylic oxidation sites excluding steroid dienone is 4. The highest BCUT2D eigenvalue weighted by molar-refractivity contribution is 5.71. The predicted octanol–water partition coefficient (Wildman–Crippen LogP) is 2.85. The zero-order chi connectivity index (χ0) is 8.24. The maximum absolute atomic E-state index is 3.76. The lowest BCUT2D eigenvalue weighted by Gasteiger charge is -1.68. The Morgan fingerprint density at radius 3 is 2.00 bits per heavy atom. The van der Waals surface area contributed by atoms with Crippen molar-refractivity contribution in [1.29, 1.82) is 0 Å². The summed E-state index contributed by atoms with van der Waals surface area (Å²) in [5.74, 6) is 0. The van der Waals surface area contributed by atoms with Crippen LogP contribution in [0, 0.1) is 0 Å². The van der Waals surface area contributed by atoms with E-state index in [1.165, 1.54) is 0 Å². The van der Waals surface area contributed by atoms with E-state index in [4.69, 9.17) is 0 Å². The van der Waals surface area contributed by atoms with Crippen LogP contribution in [0.4, 0.5) is 0 Å². The molecule has 0 fully saturated rings. The monoisotopic (exact) mass is 139 g/mol. The minimum Gasteiger partial charge on any atom is -0.297 e. The summed E-state index contributed by atoms with van der Waals surface area (Å²) in [4.78, 5) is 3.76. The smallest absolute Gasteiger partial charge is 0.0277 e. The highest BCUT2D eigenvalue weighted by atomic mass is 14.6. The van der Waals surface area contributed by atoms with E-state index in [2.05, 4.69) is 4.99 Å². The lowest BCUT2D eigenvalue weighted by molar-refractivity contribution is 1.48.